The van der Waals surface area contributed by atoms with Crippen LogP contribution in [0.15, 0.2) is 23.0 Å². The van der Waals surface area contributed by atoms with Crippen LogP contribution in [0.4, 0.5) is 0 Å². The summed E-state index contributed by atoms with van der Waals surface area (Å²) in [7, 11) is 0. The summed E-state index contributed by atoms with van der Waals surface area (Å²) in [6.07, 6.45) is 7.72. The number of fused-ring (bicyclic) bond motifs is 1. The molecule has 2 aliphatic carbocycles. The van der Waals surface area contributed by atoms with Crippen molar-refractivity contribution in [2.24, 2.45) is 23.6 Å². The molecule has 0 spiro atoms. The quantitative estimate of drug-likeness (QED) is 0.567. The lowest BCUT2D eigenvalue weighted by molar-refractivity contribution is 0.421. The molecule has 76 valence electrons. The molecule has 2 fully saturated rings. The third-order valence-electron chi connectivity index (χ3n) is 3.94. The molecule has 2 saturated carbocycles. The maximum Gasteiger partial charge on any atom is 0.0950 e. The largest absolute Gasteiger partial charge is 0.472 e. The smallest absolute Gasteiger partial charge is 0.0950 e. The van der Waals surface area contributed by atoms with Crippen LogP contribution in [0.3, 0.4) is 0 Å². The molecule has 0 aliphatic heterocycles. The predicted octanol–water partition coefficient (Wildman–Crippen LogP) is 1.83. The van der Waals surface area contributed by atoms with E-state index in [-0.39, 0.29) is 0 Å². The second kappa shape index (κ2) is 3.11. The Morgan fingerprint density at radius 3 is 2.79 bits per heavy atom. The van der Waals surface area contributed by atoms with E-state index in [0.717, 1.165) is 17.8 Å². The van der Waals surface area contributed by atoms with Gasteiger partial charge in [-0.15, -0.1) is 0 Å². The third kappa shape index (κ3) is 1.12. The Labute approximate surface area is 83.6 Å². The van der Waals surface area contributed by atoms with E-state index in [0.29, 0.717) is 6.04 Å². The lowest BCUT2D eigenvalue weighted by atomic mass is 10.00. The number of hydrogen-bond donors (Lipinski definition) is 2. The van der Waals surface area contributed by atoms with Crippen LogP contribution in [0.5, 0.6) is 0 Å². The predicted molar refractivity (Wildman–Crippen MR) is 53.1 cm³/mol. The number of hydrogen-bond acceptors (Lipinski definition) is 3. The number of nitrogens with one attached hydrogen (secondary N) is 1. The van der Waals surface area contributed by atoms with Gasteiger partial charge in [0.05, 0.1) is 18.6 Å². The van der Waals surface area contributed by atoms with E-state index >= 15 is 0 Å². The number of nitrogens with two attached hydrogens (primary N) is 1. The van der Waals surface area contributed by atoms with E-state index < -0.39 is 0 Å². The molecule has 0 saturated heterocycles. The van der Waals surface area contributed by atoms with Crippen molar-refractivity contribution < 1.29 is 4.42 Å². The third-order valence-corrected chi connectivity index (χ3v) is 3.94. The minimum Gasteiger partial charge on any atom is -0.472 e. The fourth-order valence-corrected chi connectivity index (χ4v) is 3.25. The van der Waals surface area contributed by atoms with Gasteiger partial charge in [0.2, 0.25) is 0 Å². The average molecular weight is 192 g/mol. The Bertz CT molecular complexity index is 299. The molecule has 1 aromatic rings. The summed E-state index contributed by atoms with van der Waals surface area (Å²) >= 11 is 0. The maximum absolute atomic E-state index is 5.62. The Kier molecular flexibility index (Phi) is 1.89. The fraction of sp³-hybridized carbons (Fsp3) is 0.636. The van der Waals surface area contributed by atoms with Crippen LogP contribution < -0.4 is 11.3 Å². The molecule has 3 N–H and O–H groups in total. The van der Waals surface area contributed by atoms with Gasteiger partial charge in [-0.2, -0.15) is 0 Å². The first-order chi connectivity index (χ1) is 6.92. The van der Waals surface area contributed by atoms with E-state index in [1.807, 2.05) is 6.07 Å². The first kappa shape index (κ1) is 8.50. The molecule has 3 heteroatoms. The molecular formula is C11H16N2O. The zero-order valence-electron chi connectivity index (χ0n) is 8.15. The van der Waals surface area contributed by atoms with Gasteiger partial charge >= 0.3 is 0 Å². The zero-order chi connectivity index (χ0) is 9.54. The molecule has 1 aromatic heterocycles. The molecule has 1 heterocycles. The van der Waals surface area contributed by atoms with Gasteiger partial charge in [-0.3, -0.25) is 11.3 Å². The number of rotatable bonds is 3. The highest BCUT2D eigenvalue weighted by atomic mass is 16.3. The van der Waals surface area contributed by atoms with Crippen molar-refractivity contribution in [1.29, 1.82) is 0 Å². The van der Waals surface area contributed by atoms with Gasteiger partial charge in [0.1, 0.15) is 0 Å². The van der Waals surface area contributed by atoms with Crippen molar-refractivity contribution in [3.8, 4) is 0 Å². The molecule has 3 atom stereocenters. The summed E-state index contributed by atoms with van der Waals surface area (Å²) in [5.41, 5.74) is 4.14. The van der Waals surface area contributed by atoms with E-state index in [1.165, 1.54) is 24.8 Å². The second-order valence-corrected chi connectivity index (χ2v) is 4.54. The molecular weight excluding hydrogens is 176 g/mol. The maximum atomic E-state index is 5.62. The molecule has 0 aromatic carbocycles. The van der Waals surface area contributed by atoms with Crippen LogP contribution in [0.2, 0.25) is 0 Å². The van der Waals surface area contributed by atoms with Crippen LogP contribution in [0.1, 0.15) is 30.9 Å². The topological polar surface area (TPSA) is 51.2 Å². The Hall–Kier alpha value is -0.800. The monoisotopic (exact) mass is 192 g/mol. The zero-order valence-corrected chi connectivity index (χ0v) is 8.15. The minimum atomic E-state index is 0.309. The summed E-state index contributed by atoms with van der Waals surface area (Å²) in [6, 6.07) is 2.32. The first-order valence-corrected chi connectivity index (χ1v) is 5.40. The van der Waals surface area contributed by atoms with Gasteiger partial charge in [-0.25, -0.2) is 0 Å². The number of furan rings is 1. The molecule has 2 aliphatic rings. The summed E-state index contributed by atoms with van der Waals surface area (Å²) < 4.78 is 5.10. The second-order valence-electron chi connectivity index (χ2n) is 4.54. The van der Waals surface area contributed by atoms with Crippen molar-refractivity contribution in [2.45, 2.75) is 25.3 Å². The van der Waals surface area contributed by atoms with Gasteiger partial charge in [0, 0.05) is 5.56 Å². The number of hydrazine groups is 1. The van der Waals surface area contributed by atoms with Crippen molar-refractivity contribution in [3.05, 3.63) is 24.2 Å². The standard InChI is InChI=1S/C11H16N2O/c12-13-11(7-4-5-14-6-7)10-8-2-1-3-9(8)10/h4-6,8-11,13H,1-3,12H2. The highest BCUT2D eigenvalue weighted by Crippen LogP contribution is 2.61. The van der Waals surface area contributed by atoms with Gasteiger partial charge in [0.25, 0.3) is 0 Å². The lowest BCUT2D eigenvalue weighted by Crippen LogP contribution is -2.30. The van der Waals surface area contributed by atoms with E-state index in [4.69, 9.17) is 10.3 Å². The van der Waals surface area contributed by atoms with Gasteiger partial charge < -0.3 is 4.42 Å². The van der Waals surface area contributed by atoms with Crippen molar-refractivity contribution in [2.75, 3.05) is 0 Å². The van der Waals surface area contributed by atoms with Crippen LogP contribution >= 0.6 is 0 Å². The molecule has 0 amide bonds. The van der Waals surface area contributed by atoms with Gasteiger partial charge in [0.15, 0.2) is 0 Å². The van der Waals surface area contributed by atoms with Crippen LogP contribution in [0.25, 0.3) is 0 Å². The van der Waals surface area contributed by atoms with E-state index in [1.54, 1.807) is 12.5 Å². The first-order valence-electron chi connectivity index (χ1n) is 5.40. The van der Waals surface area contributed by atoms with Crippen molar-refractivity contribution in [3.63, 3.8) is 0 Å². The van der Waals surface area contributed by atoms with Crippen molar-refractivity contribution in [1.82, 2.24) is 5.43 Å². The molecule has 0 radical (unpaired) electrons. The summed E-state index contributed by atoms with van der Waals surface area (Å²) in [5, 5.41) is 0. The Morgan fingerprint density at radius 1 is 1.43 bits per heavy atom. The lowest BCUT2D eigenvalue weighted by Gasteiger charge is -2.15. The van der Waals surface area contributed by atoms with E-state index in [2.05, 4.69) is 5.43 Å². The highest BCUT2D eigenvalue weighted by Gasteiger charge is 2.56. The highest BCUT2D eigenvalue weighted by molar-refractivity contribution is 5.19. The van der Waals surface area contributed by atoms with Crippen molar-refractivity contribution >= 4 is 0 Å². The molecule has 3 nitrogen and oxygen atoms in total. The molecule has 0 bridgehead atoms. The van der Waals surface area contributed by atoms with Gasteiger partial charge in [-0.05, 0) is 36.7 Å². The molecule has 3 unspecified atom stereocenters. The average Bonchev–Trinajstić information content (AvgIpc) is 2.67. The summed E-state index contributed by atoms with van der Waals surface area (Å²) in [6.45, 7) is 0. The van der Waals surface area contributed by atoms with E-state index in [9.17, 15) is 0 Å². The minimum absolute atomic E-state index is 0.309. The molecule has 3 rings (SSSR count). The van der Waals surface area contributed by atoms with Crippen LogP contribution in [-0.4, -0.2) is 0 Å². The summed E-state index contributed by atoms with van der Waals surface area (Å²) in [4.78, 5) is 0. The normalized spacial score (nSPS) is 36.8. The Balaban J connectivity index is 1.77. The summed E-state index contributed by atoms with van der Waals surface area (Å²) in [5.74, 6) is 8.22. The molecule has 14 heavy (non-hydrogen) atoms. The van der Waals surface area contributed by atoms with Crippen LogP contribution in [0, 0.1) is 17.8 Å². The fourth-order valence-electron chi connectivity index (χ4n) is 3.25. The van der Waals surface area contributed by atoms with Gasteiger partial charge in [-0.1, -0.05) is 6.42 Å². The van der Waals surface area contributed by atoms with Crippen LogP contribution in [-0.2, 0) is 0 Å². The SMILES string of the molecule is NNC(c1ccoc1)C1C2CCCC21. The Morgan fingerprint density at radius 2 is 2.21 bits per heavy atom.